The minimum atomic E-state index is -0.596. The molecule has 28 heavy (non-hydrogen) atoms. The first kappa shape index (κ1) is 20.1. The molecule has 1 aliphatic carbocycles. The van der Waals surface area contributed by atoms with Gasteiger partial charge in [-0.3, -0.25) is 20.4 Å². The molecule has 0 spiro atoms. The molecule has 1 aliphatic rings. The highest BCUT2D eigenvalue weighted by Crippen LogP contribution is 2.33. The first-order chi connectivity index (χ1) is 13.5. The van der Waals surface area contributed by atoms with Crippen molar-refractivity contribution in [2.75, 3.05) is 6.61 Å². The Morgan fingerprint density at radius 3 is 2.64 bits per heavy atom. The molecule has 0 aliphatic heterocycles. The molecule has 1 aromatic heterocycles. The maximum Gasteiger partial charge on any atom is 0.348 e. The lowest BCUT2D eigenvalue weighted by atomic mass is 9.87. The molecule has 2 amide bonds. The van der Waals surface area contributed by atoms with Gasteiger partial charge in [-0.15, -0.1) is 11.3 Å². The molecule has 1 atom stereocenters. The van der Waals surface area contributed by atoms with E-state index < -0.39 is 24.4 Å². The van der Waals surface area contributed by atoms with E-state index in [0.717, 1.165) is 31.2 Å². The van der Waals surface area contributed by atoms with Crippen molar-refractivity contribution in [3.05, 3.63) is 56.8 Å². The van der Waals surface area contributed by atoms with Gasteiger partial charge in [0.15, 0.2) is 6.61 Å². The van der Waals surface area contributed by atoms with Crippen molar-refractivity contribution >= 4 is 29.1 Å². The Morgan fingerprint density at radius 2 is 1.93 bits per heavy atom. The maximum absolute atomic E-state index is 12.2. The summed E-state index contributed by atoms with van der Waals surface area (Å²) < 4.78 is 5.08. The number of carbonyl (C=O) groups excluding carboxylic acids is 3. The number of rotatable bonds is 5. The van der Waals surface area contributed by atoms with E-state index in [4.69, 9.17) is 4.74 Å². The van der Waals surface area contributed by atoms with Crippen molar-refractivity contribution in [1.82, 2.24) is 10.9 Å². The van der Waals surface area contributed by atoms with Crippen LogP contribution in [-0.4, -0.2) is 24.4 Å². The smallest absolute Gasteiger partial charge is 0.348 e. The van der Waals surface area contributed by atoms with Crippen LogP contribution in [0.4, 0.5) is 0 Å². The number of amides is 2. The Morgan fingerprint density at radius 1 is 1.18 bits per heavy atom. The molecule has 1 heterocycles. The maximum atomic E-state index is 12.2. The SMILES string of the molecule is CCC1CCc2sc(C(=O)OCC(=O)NNC(=O)c3ccc(C)cc3)cc2C1. The first-order valence-corrected chi connectivity index (χ1v) is 10.2. The second-order valence-corrected chi connectivity index (χ2v) is 8.16. The van der Waals surface area contributed by atoms with E-state index in [0.29, 0.717) is 16.4 Å². The normalized spacial score (nSPS) is 15.4. The molecule has 7 heteroatoms. The van der Waals surface area contributed by atoms with Crippen LogP contribution in [0.1, 0.15) is 55.8 Å². The van der Waals surface area contributed by atoms with Crippen LogP contribution in [0.15, 0.2) is 30.3 Å². The molecule has 2 N–H and O–H groups in total. The van der Waals surface area contributed by atoms with Gasteiger partial charge in [0.05, 0.1) is 0 Å². The number of ether oxygens (including phenoxy) is 1. The molecule has 0 saturated heterocycles. The van der Waals surface area contributed by atoms with Crippen LogP contribution in [0.3, 0.4) is 0 Å². The molecule has 2 aromatic rings. The van der Waals surface area contributed by atoms with E-state index >= 15 is 0 Å². The number of hydrazine groups is 1. The highest BCUT2D eigenvalue weighted by atomic mass is 32.1. The summed E-state index contributed by atoms with van der Waals surface area (Å²) in [6.45, 7) is 3.66. The Hall–Kier alpha value is -2.67. The van der Waals surface area contributed by atoms with E-state index in [9.17, 15) is 14.4 Å². The number of hydrogen-bond acceptors (Lipinski definition) is 5. The molecule has 1 aromatic carbocycles. The quantitative estimate of drug-likeness (QED) is 0.596. The van der Waals surface area contributed by atoms with Crippen LogP contribution < -0.4 is 10.9 Å². The lowest BCUT2D eigenvalue weighted by Gasteiger charge is -2.19. The molecule has 1 unspecified atom stereocenters. The molecule has 6 nitrogen and oxygen atoms in total. The zero-order valence-corrected chi connectivity index (χ0v) is 16.9. The predicted octanol–water partition coefficient (Wildman–Crippen LogP) is 3.19. The lowest BCUT2D eigenvalue weighted by molar-refractivity contribution is -0.125. The number of esters is 1. The minimum Gasteiger partial charge on any atom is -0.451 e. The number of carbonyl (C=O) groups is 3. The predicted molar refractivity (Wildman–Crippen MR) is 107 cm³/mol. The third-order valence-electron chi connectivity index (χ3n) is 4.93. The molecule has 0 saturated carbocycles. The van der Waals surface area contributed by atoms with Gasteiger partial charge in [-0.25, -0.2) is 4.79 Å². The van der Waals surface area contributed by atoms with Gasteiger partial charge in [0.1, 0.15) is 4.88 Å². The van der Waals surface area contributed by atoms with Gasteiger partial charge in [0.2, 0.25) is 0 Å². The van der Waals surface area contributed by atoms with Crippen molar-refractivity contribution < 1.29 is 19.1 Å². The van der Waals surface area contributed by atoms with E-state index in [1.54, 1.807) is 12.1 Å². The van der Waals surface area contributed by atoms with Crippen molar-refractivity contribution in [2.24, 2.45) is 5.92 Å². The Balaban J connectivity index is 1.45. The van der Waals surface area contributed by atoms with E-state index in [1.807, 2.05) is 25.1 Å². The molecule has 148 valence electrons. The molecular formula is C21H24N2O4S. The van der Waals surface area contributed by atoms with Crippen molar-refractivity contribution in [3.8, 4) is 0 Å². The van der Waals surface area contributed by atoms with E-state index in [-0.39, 0.29) is 0 Å². The molecular weight excluding hydrogens is 376 g/mol. The Kier molecular flexibility index (Phi) is 6.46. The zero-order chi connectivity index (χ0) is 20.1. The fourth-order valence-corrected chi connectivity index (χ4v) is 4.29. The largest absolute Gasteiger partial charge is 0.451 e. The first-order valence-electron chi connectivity index (χ1n) is 9.40. The van der Waals surface area contributed by atoms with Crippen LogP contribution >= 0.6 is 11.3 Å². The summed E-state index contributed by atoms with van der Waals surface area (Å²) in [5.41, 5.74) is 7.25. The number of fused-ring (bicyclic) bond motifs is 1. The van der Waals surface area contributed by atoms with Crippen LogP contribution in [0.25, 0.3) is 0 Å². The van der Waals surface area contributed by atoms with Gasteiger partial charge < -0.3 is 4.74 Å². The van der Waals surface area contributed by atoms with E-state index in [2.05, 4.69) is 17.8 Å². The summed E-state index contributed by atoms with van der Waals surface area (Å²) in [6, 6.07) is 8.84. The second kappa shape index (κ2) is 9.01. The summed E-state index contributed by atoms with van der Waals surface area (Å²) in [6.07, 6.45) is 4.30. The van der Waals surface area contributed by atoms with Gasteiger partial charge in [-0.05, 0) is 55.9 Å². The summed E-state index contributed by atoms with van der Waals surface area (Å²) in [7, 11) is 0. The van der Waals surface area contributed by atoms with Gasteiger partial charge in [-0.1, -0.05) is 31.0 Å². The van der Waals surface area contributed by atoms with Crippen LogP contribution in [0.2, 0.25) is 0 Å². The van der Waals surface area contributed by atoms with Crippen molar-refractivity contribution in [2.45, 2.75) is 39.5 Å². The fourth-order valence-electron chi connectivity index (χ4n) is 3.19. The van der Waals surface area contributed by atoms with Gasteiger partial charge in [0.25, 0.3) is 11.8 Å². The third-order valence-corrected chi connectivity index (χ3v) is 6.14. The topological polar surface area (TPSA) is 84.5 Å². The standard InChI is InChI=1S/C21H24N2O4S/c1-3-14-6-9-17-16(10-14)11-18(28-17)21(26)27-12-19(24)22-23-20(25)15-7-4-13(2)5-8-15/h4-5,7-8,11,14H,3,6,9-10,12H2,1-2H3,(H,22,24)(H,23,25). The molecule has 3 rings (SSSR count). The third kappa shape index (κ3) is 4.98. The summed E-state index contributed by atoms with van der Waals surface area (Å²) >= 11 is 1.45. The minimum absolute atomic E-state index is 0.428. The molecule has 0 bridgehead atoms. The number of aryl methyl sites for hydroxylation is 2. The Bertz CT molecular complexity index is 873. The van der Waals surface area contributed by atoms with Gasteiger partial charge >= 0.3 is 5.97 Å². The number of nitrogens with one attached hydrogen (secondary N) is 2. The van der Waals surface area contributed by atoms with Crippen LogP contribution in [0.5, 0.6) is 0 Å². The Labute approximate surface area is 168 Å². The highest BCUT2D eigenvalue weighted by molar-refractivity contribution is 7.14. The van der Waals surface area contributed by atoms with Gasteiger partial charge in [0, 0.05) is 10.4 Å². The molecule has 0 fully saturated rings. The van der Waals surface area contributed by atoms with Crippen molar-refractivity contribution in [3.63, 3.8) is 0 Å². The van der Waals surface area contributed by atoms with Crippen LogP contribution in [0, 0.1) is 12.8 Å². The fraction of sp³-hybridized carbons (Fsp3) is 0.381. The average Bonchev–Trinajstić information content (AvgIpc) is 3.14. The zero-order valence-electron chi connectivity index (χ0n) is 16.0. The monoisotopic (exact) mass is 400 g/mol. The highest BCUT2D eigenvalue weighted by Gasteiger charge is 2.23. The van der Waals surface area contributed by atoms with E-state index in [1.165, 1.54) is 21.8 Å². The van der Waals surface area contributed by atoms with Crippen molar-refractivity contribution in [1.29, 1.82) is 0 Å². The number of benzene rings is 1. The molecule has 0 radical (unpaired) electrons. The van der Waals surface area contributed by atoms with Crippen LogP contribution in [-0.2, 0) is 22.4 Å². The summed E-state index contributed by atoms with van der Waals surface area (Å²) in [5, 5.41) is 0. The average molecular weight is 401 g/mol. The lowest BCUT2D eigenvalue weighted by Crippen LogP contribution is -2.43. The summed E-state index contributed by atoms with van der Waals surface area (Å²) in [5.74, 6) is -0.862. The number of hydrogen-bond donors (Lipinski definition) is 2. The summed E-state index contributed by atoms with van der Waals surface area (Å²) in [4.78, 5) is 37.8. The number of thiophene rings is 1. The second-order valence-electron chi connectivity index (χ2n) is 7.02. The van der Waals surface area contributed by atoms with Gasteiger partial charge in [-0.2, -0.15) is 0 Å².